The van der Waals surface area contributed by atoms with E-state index < -0.39 is 60.1 Å². The van der Waals surface area contributed by atoms with E-state index in [2.05, 4.69) is 0 Å². The molecule has 0 radical (unpaired) electrons. The van der Waals surface area contributed by atoms with Crippen LogP contribution in [0.4, 0.5) is 22.0 Å². The molecule has 0 bridgehead atoms. The van der Waals surface area contributed by atoms with E-state index in [9.17, 15) is 35.2 Å². The van der Waals surface area contributed by atoms with E-state index >= 15 is 0 Å². The Labute approximate surface area is 168 Å². The van der Waals surface area contributed by atoms with Gasteiger partial charge in [0.05, 0.1) is 22.6 Å². The van der Waals surface area contributed by atoms with Gasteiger partial charge in [-0.1, -0.05) is 0 Å². The number of halogens is 5. The van der Waals surface area contributed by atoms with Gasteiger partial charge in [-0.3, -0.25) is 4.79 Å². The third-order valence-corrected chi connectivity index (χ3v) is 8.38. The van der Waals surface area contributed by atoms with Gasteiger partial charge in [-0.05, 0) is 42.8 Å². The molecule has 4 nitrogen and oxygen atoms in total. The van der Waals surface area contributed by atoms with Gasteiger partial charge in [0.15, 0.2) is 21.4 Å². The zero-order valence-corrected chi connectivity index (χ0v) is 16.1. The average Bonchev–Trinajstić information content (AvgIpc) is 2.69. The Morgan fingerprint density at radius 2 is 1.63 bits per heavy atom. The zero-order chi connectivity index (χ0) is 21.9. The van der Waals surface area contributed by atoms with E-state index in [1.807, 2.05) is 0 Å². The largest absolute Gasteiger partial charge is 0.490 e. The van der Waals surface area contributed by atoms with E-state index in [0.717, 1.165) is 24.3 Å². The molecular formula is C20H15F5O4S. The predicted octanol–water partition coefficient (Wildman–Crippen LogP) is 4.41. The molecule has 1 aliphatic heterocycles. The average molecular weight is 446 g/mol. The van der Waals surface area contributed by atoms with Crippen molar-refractivity contribution in [3.63, 3.8) is 0 Å². The first-order chi connectivity index (χ1) is 14.0. The highest BCUT2D eigenvalue weighted by Gasteiger charge is 2.59. The fourth-order valence-corrected chi connectivity index (χ4v) is 6.70. The summed E-state index contributed by atoms with van der Waals surface area (Å²) in [5.74, 6) is -3.77. The summed E-state index contributed by atoms with van der Waals surface area (Å²) in [5.41, 5.74) is -1.55. The topological polar surface area (TPSA) is 60.4 Å². The molecular weight excluding hydrogens is 431 g/mol. The Bertz CT molecular complexity index is 1130. The van der Waals surface area contributed by atoms with Crippen LogP contribution in [0.2, 0.25) is 0 Å². The highest BCUT2D eigenvalue weighted by molar-refractivity contribution is 7.92. The van der Waals surface area contributed by atoms with Crippen LogP contribution in [-0.2, 0) is 25.6 Å². The van der Waals surface area contributed by atoms with E-state index in [1.165, 1.54) is 0 Å². The molecule has 0 amide bonds. The lowest BCUT2D eigenvalue weighted by atomic mass is 9.72. The van der Waals surface area contributed by atoms with Crippen LogP contribution in [0.5, 0.6) is 5.75 Å². The van der Waals surface area contributed by atoms with Gasteiger partial charge in [0, 0.05) is 18.8 Å². The molecule has 0 saturated heterocycles. The summed E-state index contributed by atoms with van der Waals surface area (Å²) in [5, 5.41) is 0. The van der Waals surface area contributed by atoms with Crippen molar-refractivity contribution in [1.29, 1.82) is 0 Å². The lowest BCUT2D eigenvalue weighted by Gasteiger charge is -2.46. The van der Waals surface area contributed by atoms with Gasteiger partial charge in [-0.25, -0.2) is 17.2 Å². The highest BCUT2D eigenvalue weighted by atomic mass is 32.2. The van der Waals surface area contributed by atoms with Gasteiger partial charge >= 0.3 is 6.18 Å². The number of ether oxygens (including phenoxy) is 1. The second-order valence-electron chi connectivity index (χ2n) is 7.40. The van der Waals surface area contributed by atoms with Crippen molar-refractivity contribution in [2.24, 2.45) is 5.92 Å². The van der Waals surface area contributed by atoms with Gasteiger partial charge in [0.1, 0.15) is 16.3 Å². The molecule has 2 aliphatic rings. The SMILES string of the molecule is O=C1CCC2(S(=O)(=O)c3ccc(C(F)(F)F)cc3)c3c(F)ccc(F)c3OC[C@H]2C1. The number of carbonyl (C=O) groups excluding carboxylic acids is 1. The lowest BCUT2D eigenvalue weighted by Crippen LogP contribution is -2.52. The summed E-state index contributed by atoms with van der Waals surface area (Å²) in [6.07, 6.45) is -5.40. The first-order valence-electron chi connectivity index (χ1n) is 9.03. The molecule has 0 N–H and O–H groups in total. The molecule has 1 unspecified atom stereocenters. The number of fused-ring (bicyclic) bond motifs is 3. The summed E-state index contributed by atoms with van der Waals surface area (Å²) in [6, 6.07) is 4.42. The standard InChI is InChI=1S/C20H15F5O4S/c21-15-5-6-16(22)18-17(15)19(8-7-13(26)9-12(19)10-29-18)30(27,28)14-3-1-11(2-4-14)20(23,24)25/h1-6,12H,7-10H2/t12-,19?/m1/s1. The summed E-state index contributed by atoms with van der Waals surface area (Å²) >= 11 is 0. The molecule has 2 atom stereocenters. The van der Waals surface area contributed by atoms with Gasteiger partial charge in [0.2, 0.25) is 0 Å². The molecule has 1 heterocycles. The second-order valence-corrected chi connectivity index (χ2v) is 9.61. The van der Waals surface area contributed by atoms with Gasteiger partial charge < -0.3 is 4.74 Å². The smallest absolute Gasteiger partial charge is 0.416 e. The first-order valence-corrected chi connectivity index (χ1v) is 10.5. The third kappa shape index (κ3) is 2.91. The van der Waals surface area contributed by atoms with Crippen molar-refractivity contribution < 1.29 is 39.9 Å². The second kappa shape index (κ2) is 6.76. The van der Waals surface area contributed by atoms with Crippen molar-refractivity contribution in [3.8, 4) is 5.75 Å². The third-order valence-electron chi connectivity index (χ3n) is 5.79. The molecule has 1 aliphatic carbocycles. The van der Waals surface area contributed by atoms with Crippen LogP contribution in [-0.4, -0.2) is 20.8 Å². The molecule has 160 valence electrons. The fraction of sp³-hybridized carbons (Fsp3) is 0.350. The molecule has 2 aromatic rings. The maximum atomic E-state index is 14.9. The molecule has 10 heteroatoms. The van der Waals surface area contributed by atoms with Crippen LogP contribution in [0, 0.1) is 17.6 Å². The van der Waals surface area contributed by atoms with Crippen LogP contribution in [0.15, 0.2) is 41.3 Å². The van der Waals surface area contributed by atoms with Crippen LogP contribution in [0.25, 0.3) is 0 Å². The summed E-state index contributed by atoms with van der Waals surface area (Å²) in [7, 11) is -4.53. The van der Waals surface area contributed by atoms with E-state index in [4.69, 9.17) is 4.74 Å². The van der Waals surface area contributed by atoms with Gasteiger partial charge in [0.25, 0.3) is 0 Å². The Kier molecular flexibility index (Phi) is 4.68. The van der Waals surface area contributed by atoms with E-state index in [-0.39, 0.29) is 31.7 Å². The van der Waals surface area contributed by atoms with E-state index in [0.29, 0.717) is 12.1 Å². The van der Waals surface area contributed by atoms with Crippen LogP contribution >= 0.6 is 0 Å². The predicted molar refractivity (Wildman–Crippen MR) is 94.5 cm³/mol. The summed E-state index contributed by atoms with van der Waals surface area (Å²) < 4.78 is 98.5. The molecule has 30 heavy (non-hydrogen) atoms. The van der Waals surface area contributed by atoms with Crippen LogP contribution < -0.4 is 4.74 Å². The number of sulfone groups is 1. The Balaban J connectivity index is 1.96. The summed E-state index contributed by atoms with van der Waals surface area (Å²) in [4.78, 5) is 11.5. The molecule has 0 aromatic heterocycles. The van der Waals surface area contributed by atoms with Crippen LogP contribution in [0.1, 0.15) is 30.4 Å². The fourth-order valence-electron chi connectivity index (χ4n) is 4.37. The maximum Gasteiger partial charge on any atom is 0.416 e. The zero-order valence-electron chi connectivity index (χ0n) is 15.3. The van der Waals surface area contributed by atoms with Crippen molar-refractivity contribution >= 4 is 15.6 Å². The Morgan fingerprint density at radius 1 is 1.00 bits per heavy atom. The van der Waals surface area contributed by atoms with E-state index in [1.54, 1.807) is 0 Å². The normalized spacial score (nSPS) is 24.0. The molecule has 2 aromatic carbocycles. The van der Waals surface area contributed by atoms with Gasteiger partial charge in [-0.15, -0.1) is 0 Å². The Morgan fingerprint density at radius 3 is 2.27 bits per heavy atom. The number of ketones is 1. The number of benzene rings is 2. The number of hydrogen-bond acceptors (Lipinski definition) is 4. The number of rotatable bonds is 2. The number of alkyl halides is 3. The lowest BCUT2D eigenvalue weighted by molar-refractivity contribution is -0.137. The minimum Gasteiger partial charge on any atom is -0.490 e. The number of Topliss-reactive ketones (excluding diaryl/α,β-unsaturated/α-hetero) is 1. The monoisotopic (exact) mass is 446 g/mol. The minimum absolute atomic E-state index is 0.189. The van der Waals surface area contributed by atoms with Crippen molar-refractivity contribution in [1.82, 2.24) is 0 Å². The molecule has 4 rings (SSSR count). The number of carbonyl (C=O) groups is 1. The highest BCUT2D eigenvalue weighted by Crippen LogP contribution is 2.56. The maximum absolute atomic E-state index is 14.9. The van der Waals surface area contributed by atoms with Crippen molar-refractivity contribution in [2.45, 2.75) is 35.1 Å². The molecule has 0 spiro atoms. The quantitative estimate of drug-likeness (QED) is 0.641. The van der Waals surface area contributed by atoms with Crippen LogP contribution in [0.3, 0.4) is 0 Å². The minimum atomic E-state index is -4.67. The molecule has 1 saturated carbocycles. The summed E-state index contributed by atoms with van der Waals surface area (Å²) in [6.45, 7) is -0.334. The van der Waals surface area contributed by atoms with Crippen molar-refractivity contribution in [3.05, 3.63) is 59.2 Å². The molecule has 1 fully saturated rings. The van der Waals surface area contributed by atoms with Crippen molar-refractivity contribution in [2.75, 3.05) is 6.61 Å². The first kappa shape index (κ1) is 20.8. The number of hydrogen-bond donors (Lipinski definition) is 0. The Hall–Kier alpha value is -2.49. The van der Waals surface area contributed by atoms with Gasteiger partial charge in [-0.2, -0.15) is 13.2 Å².